The van der Waals surface area contributed by atoms with Crippen molar-refractivity contribution in [3.05, 3.63) is 36.0 Å². The number of rotatable bonds is 7. The van der Waals surface area contributed by atoms with Crippen LogP contribution in [0.2, 0.25) is 0 Å². The van der Waals surface area contributed by atoms with E-state index in [0.717, 1.165) is 82.4 Å². The fourth-order valence-electron chi connectivity index (χ4n) is 4.85. The van der Waals surface area contributed by atoms with Crippen molar-refractivity contribution >= 4 is 5.82 Å². The molecule has 2 heterocycles. The van der Waals surface area contributed by atoms with Crippen LogP contribution in [0.1, 0.15) is 57.4 Å². The maximum absolute atomic E-state index is 12.8. The van der Waals surface area contributed by atoms with E-state index in [1.165, 1.54) is 6.07 Å². The number of ether oxygens (including phenoxy) is 1. The molecule has 168 valence electrons. The average Bonchev–Trinajstić information content (AvgIpc) is 2.74. The molecule has 4 nitrogen and oxygen atoms in total. The van der Waals surface area contributed by atoms with Gasteiger partial charge >= 0.3 is 6.18 Å². The van der Waals surface area contributed by atoms with E-state index in [1.54, 1.807) is 7.11 Å². The molecule has 1 aromatic heterocycles. The molecule has 2 fully saturated rings. The summed E-state index contributed by atoms with van der Waals surface area (Å²) in [6, 6.07) is 3.15. The van der Waals surface area contributed by atoms with Crippen molar-refractivity contribution in [1.82, 2.24) is 10.3 Å². The molecule has 0 unspecified atom stereocenters. The third-order valence-corrected chi connectivity index (χ3v) is 6.93. The van der Waals surface area contributed by atoms with Crippen molar-refractivity contribution in [2.45, 2.75) is 70.2 Å². The van der Waals surface area contributed by atoms with Gasteiger partial charge in [0.15, 0.2) is 0 Å². The number of pyridine rings is 1. The number of hydrogen-bond donors (Lipinski definition) is 1. The van der Waals surface area contributed by atoms with Crippen LogP contribution in [0.25, 0.3) is 0 Å². The van der Waals surface area contributed by atoms with Crippen molar-refractivity contribution in [3.63, 3.8) is 0 Å². The quantitative estimate of drug-likeness (QED) is 0.610. The zero-order valence-electron chi connectivity index (χ0n) is 18.1. The number of nitrogens with zero attached hydrogens (tertiary/aromatic N) is 2. The third-order valence-electron chi connectivity index (χ3n) is 6.93. The van der Waals surface area contributed by atoms with Gasteiger partial charge in [0.05, 0.1) is 11.7 Å². The second-order valence-corrected chi connectivity index (χ2v) is 8.90. The molecule has 0 spiro atoms. The van der Waals surface area contributed by atoms with Gasteiger partial charge in [-0.3, -0.25) is 0 Å². The van der Waals surface area contributed by atoms with Crippen LogP contribution in [-0.4, -0.2) is 43.9 Å². The Hall–Kier alpha value is -1.60. The first-order valence-corrected chi connectivity index (χ1v) is 10.9. The Labute approximate surface area is 177 Å². The Kier molecular flexibility index (Phi) is 7.45. The smallest absolute Gasteiger partial charge is 0.381 e. The molecular formula is C23H34F3N3O. The molecule has 1 atom stereocenters. The van der Waals surface area contributed by atoms with E-state index >= 15 is 0 Å². The van der Waals surface area contributed by atoms with Crippen LogP contribution in [0.4, 0.5) is 19.0 Å². The summed E-state index contributed by atoms with van der Waals surface area (Å²) < 4.78 is 44.0. The number of methoxy groups -OCH3 is 1. The van der Waals surface area contributed by atoms with Gasteiger partial charge in [-0.2, -0.15) is 13.2 Å². The van der Waals surface area contributed by atoms with E-state index in [-0.39, 0.29) is 5.41 Å². The first-order valence-electron chi connectivity index (χ1n) is 10.9. The molecule has 0 radical (unpaired) electrons. The Morgan fingerprint density at radius 3 is 2.60 bits per heavy atom. The molecule has 30 heavy (non-hydrogen) atoms. The van der Waals surface area contributed by atoms with Gasteiger partial charge in [0.1, 0.15) is 5.82 Å². The molecule has 0 aromatic carbocycles. The van der Waals surface area contributed by atoms with Gasteiger partial charge < -0.3 is 15.0 Å². The molecule has 1 aromatic rings. The van der Waals surface area contributed by atoms with Gasteiger partial charge in [-0.25, -0.2) is 4.98 Å². The molecule has 2 aliphatic rings. The second kappa shape index (κ2) is 9.69. The Morgan fingerprint density at radius 1 is 1.30 bits per heavy atom. The number of nitrogens with one attached hydrogen (secondary N) is 1. The van der Waals surface area contributed by atoms with E-state index < -0.39 is 11.7 Å². The van der Waals surface area contributed by atoms with Crippen molar-refractivity contribution < 1.29 is 17.9 Å². The average molecular weight is 426 g/mol. The summed E-state index contributed by atoms with van der Waals surface area (Å²) >= 11 is 0. The van der Waals surface area contributed by atoms with Gasteiger partial charge in [0, 0.05) is 37.9 Å². The highest BCUT2D eigenvalue weighted by Crippen LogP contribution is 2.41. The second-order valence-electron chi connectivity index (χ2n) is 8.90. The van der Waals surface area contributed by atoms with Crippen molar-refractivity contribution in [2.24, 2.45) is 5.41 Å². The number of alkyl halides is 3. The van der Waals surface area contributed by atoms with Crippen molar-refractivity contribution in [2.75, 3.05) is 31.6 Å². The lowest BCUT2D eigenvalue weighted by molar-refractivity contribution is -0.137. The summed E-state index contributed by atoms with van der Waals surface area (Å²) in [4.78, 5) is 6.22. The van der Waals surface area contributed by atoms with Crippen LogP contribution in [0.3, 0.4) is 0 Å². The molecule has 3 rings (SSSR count). The number of aromatic nitrogens is 1. The molecule has 1 saturated carbocycles. The topological polar surface area (TPSA) is 37.4 Å². The summed E-state index contributed by atoms with van der Waals surface area (Å²) in [5.74, 6) is 0.610. The van der Waals surface area contributed by atoms with Crippen LogP contribution in [0.15, 0.2) is 30.5 Å². The van der Waals surface area contributed by atoms with Crippen LogP contribution in [0.5, 0.6) is 0 Å². The highest BCUT2D eigenvalue weighted by atomic mass is 19.4. The Balaban J connectivity index is 1.59. The minimum Gasteiger partial charge on any atom is -0.381 e. The molecule has 7 heteroatoms. The zero-order chi connectivity index (χ0) is 21.8. The monoisotopic (exact) mass is 425 g/mol. The molecule has 0 bridgehead atoms. The molecule has 1 saturated heterocycles. The SMILES string of the molecule is C=C(C)[C@@]1(CCNC2CCC(OC)CC2)CCCN(c2ccc(C(F)(F)F)cn2)C1. The van der Waals surface area contributed by atoms with E-state index in [2.05, 4.69) is 28.7 Å². The van der Waals surface area contributed by atoms with E-state index in [4.69, 9.17) is 4.74 Å². The predicted octanol–water partition coefficient (Wildman–Crippen LogP) is 5.20. The zero-order valence-corrected chi connectivity index (χ0v) is 18.1. The first-order chi connectivity index (χ1) is 14.2. The lowest BCUT2D eigenvalue weighted by Gasteiger charge is -2.44. The minimum atomic E-state index is -4.36. The molecule has 0 amide bonds. The normalized spacial score (nSPS) is 27.8. The summed E-state index contributed by atoms with van der Waals surface area (Å²) in [6.45, 7) is 8.82. The summed E-state index contributed by atoms with van der Waals surface area (Å²) in [7, 11) is 1.79. The van der Waals surface area contributed by atoms with Crippen LogP contribution in [0, 0.1) is 5.41 Å². The molecule has 1 aliphatic heterocycles. The van der Waals surface area contributed by atoms with Crippen LogP contribution in [-0.2, 0) is 10.9 Å². The van der Waals surface area contributed by atoms with Gasteiger partial charge in [-0.1, -0.05) is 12.2 Å². The van der Waals surface area contributed by atoms with Gasteiger partial charge in [0.2, 0.25) is 0 Å². The van der Waals surface area contributed by atoms with Crippen LogP contribution < -0.4 is 10.2 Å². The predicted molar refractivity (Wildman–Crippen MR) is 114 cm³/mol. The van der Waals surface area contributed by atoms with E-state index in [0.29, 0.717) is 18.0 Å². The number of halogens is 3. The summed E-state index contributed by atoms with van der Waals surface area (Å²) in [6.07, 6.45) is 4.47. The first kappa shape index (κ1) is 23.1. The maximum atomic E-state index is 12.8. The van der Waals surface area contributed by atoms with Crippen molar-refractivity contribution in [3.8, 4) is 0 Å². The number of anilines is 1. The summed E-state index contributed by atoms with van der Waals surface area (Å²) in [5.41, 5.74) is 0.394. The van der Waals surface area contributed by atoms with Crippen molar-refractivity contribution in [1.29, 1.82) is 0 Å². The summed E-state index contributed by atoms with van der Waals surface area (Å²) in [5, 5.41) is 3.72. The fraction of sp³-hybridized carbons (Fsp3) is 0.696. The van der Waals surface area contributed by atoms with E-state index in [1.807, 2.05) is 0 Å². The maximum Gasteiger partial charge on any atom is 0.417 e. The number of piperidine rings is 1. The highest BCUT2D eigenvalue weighted by Gasteiger charge is 2.37. The number of hydrogen-bond acceptors (Lipinski definition) is 4. The Bertz CT molecular complexity index is 699. The minimum absolute atomic E-state index is 0.0423. The fourth-order valence-corrected chi connectivity index (χ4v) is 4.85. The Morgan fingerprint density at radius 2 is 2.03 bits per heavy atom. The standard InChI is InChI=1S/C23H34F3N3O/c1-17(2)22(12-13-27-19-6-8-20(30-3)9-7-19)11-4-14-29(16-22)21-10-5-18(15-28-21)23(24,25)26/h5,10,15,19-20,27H,1,4,6-9,11-14,16H2,2-3H3/t19?,20?,22-/m1/s1. The van der Waals surface area contributed by atoms with Crippen LogP contribution >= 0.6 is 0 Å². The molecular weight excluding hydrogens is 391 g/mol. The van der Waals surface area contributed by atoms with Gasteiger partial charge in [0.25, 0.3) is 0 Å². The molecule has 1 aliphatic carbocycles. The van der Waals surface area contributed by atoms with Gasteiger partial charge in [-0.15, -0.1) is 0 Å². The largest absolute Gasteiger partial charge is 0.417 e. The lowest BCUT2D eigenvalue weighted by Crippen LogP contribution is -2.46. The van der Waals surface area contributed by atoms with Gasteiger partial charge in [-0.05, 0) is 70.5 Å². The third kappa shape index (κ3) is 5.55. The molecule has 1 N–H and O–H groups in total. The van der Waals surface area contributed by atoms with E-state index in [9.17, 15) is 13.2 Å². The highest BCUT2D eigenvalue weighted by molar-refractivity contribution is 5.41. The lowest BCUT2D eigenvalue weighted by atomic mass is 9.72.